The molecule has 70 valence electrons. The van der Waals surface area contributed by atoms with Crippen LogP contribution in [0.5, 0.6) is 5.75 Å². The van der Waals surface area contributed by atoms with Crippen molar-refractivity contribution in [3.8, 4) is 5.75 Å². The minimum atomic E-state index is -0.358. The summed E-state index contributed by atoms with van der Waals surface area (Å²) in [6.07, 6.45) is 0.151. The van der Waals surface area contributed by atoms with Gasteiger partial charge in [0.1, 0.15) is 12.7 Å². The average molecular weight is 247 g/mol. The summed E-state index contributed by atoms with van der Waals surface area (Å²) in [7, 11) is 0. The summed E-state index contributed by atoms with van der Waals surface area (Å²) in [6, 6.07) is 4.97. The number of rotatable bonds is 3. The summed E-state index contributed by atoms with van der Waals surface area (Å²) >= 11 is 3.08. The summed E-state index contributed by atoms with van der Waals surface area (Å²) < 4.78 is 23.8. The van der Waals surface area contributed by atoms with E-state index in [1.54, 1.807) is 18.2 Å². The molecule has 0 saturated carbocycles. The van der Waals surface area contributed by atoms with Crippen LogP contribution in [0.3, 0.4) is 0 Å². The second-order valence-electron chi connectivity index (χ2n) is 2.82. The third-order valence-corrected chi connectivity index (χ3v) is 2.36. The number of halogens is 2. The normalized spacial score (nSPS) is 20.0. The van der Waals surface area contributed by atoms with Crippen molar-refractivity contribution in [3.63, 3.8) is 0 Å². The first kappa shape index (κ1) is 8.97. The first-order valence-electron chi connectivity index (χ1n) is 3.96. The lowest BCUT2D eigenvalue weighted by Crippen LogP contribution is -2.05. The fraction of sp³-hybridized carbons (Fsp3) is 0.333. The number of ether oxygens (including phenoxy) is 2. The molecule has 1 heterocycles. The lowest BCUT2D eigenvalue weighted by atomic mass is 10.3. The molecule has 0 aromatic heterocycles. The predicted octanol–water partition coefficient (Wildman–Crippen LogP) is 2.37. The first-order valence-corrected chi connectivity index (χ1v) is 4.75. The molecule has 0 spiro atoms. The van der Waals surface area contributed by atoms with Crippen molar-refractivity contribution in [3.05, 3.63) is 28.5 Å². The van der Waals surface area contributed by atoms with Crippen LogP contribution in [0.25, 0.3) is 0 Å². The largest absolute Gasteiger partial charge is 0.488 e. The Morgan fingerprint density at radius 1 is 1.62 bits per heavy atom. The van der Waals surface area contributed by atoms with Crippen LogP contribution in [0.4, 0.5) is 4.39 Å². The van der Waals surface area contributed by atoms with E-state index in [9.17, 15) is 4.39 Å². The Morgan fingerprint density at radius 2 is 2.38 bits per heavy atom. The first-order chi connectivity index (χ1) is 6.27. The van der Waals surface area contributed by atoms with Gasteiger partial charge < -0.3 is 9.47 Å². The summed E-state index contributed by atoms with van der Waals surface area (Å²) in [5.74, 6) is -0.0898. The molecule has 13 heavy (non-hydrogen) atoms. The number of epoxide rings is 1. The predicted molar refractivity (Wildman–Crippen MR) is 49.3 cm³/mol. The number of hydrogen-bond acceptors (Lipinski definition) is 2. The van der Waals surface area contributed by atoms with Crippen LogP contribution in [0, 0.1) is 5.82 Å². The van der Waals surface area contributed by atoms with Gasteiger partial charge in [0.25, 0.3) is 0 Å². The monoisotopic (exact) mass is 246 g/mol. The molecule has 4 heteroatoms. The average Bonchev–Trinajstić information content (AvgIpc) is 2.91. The Labute approximate surface area is 83.8 Å². The maximum absolute atomic E-state index is 13.3. The van der Waals surface area contributed by atoms with Crippen molar-refractivity contribution in [1.29, 1.82) is 0 Å². The number of hydrogen-bond donors (Lipinski definition) is 0. The van der Waals surface area contributed by atoms with Gasteiger partial charge in [0.2, 0.25) is 0 Å². The van der Waals surface area contributed by atoms with E-state index in [1.807, 2.05) is 0 Å². The molecule has 0 N–H and O–H groups in total. The lowest BCUT2D eigenvalue weighted by Gasteiger charge is -2.05. The molecule has 1 aliphatic rings. The van der Waals surface area contributed by atoms with Crippen LogP contribution in [0.15, 0.2) is 22.7 Å². The van der Waals surface area contributed by atoms with Crippen LogP contribution in [0.2, 0.25) is 0 Å². The molecule has 0 aliphatic carbocycles. The second kappa shape index (κ2) is 3.64. The van der Waals surface area contributed by atoms with Crippen molar-refractivity contribution in [2.24, 2.45) is 0 Å². The van der Waals surface area contributed by atoms with Gasteiger partial charge in [-0.05, 0) is 28.1 Å². The fourth-order valence-electron chi connectivity index (χ4n) is 0.942. The molecule has 1 aromatic carbocycles. The Bertz CT molecular complexity index is 312. The van der Waals surface area contributed by atoms with Crippen LogP contribution in [-0.4, -0.2) is 19.3 Å². The molecule has 2 nitrogen and oxygen atoms in total. The van der Waals surface area contributed by atoms with E-state index < -0.39 is 0 Å². The summed E-state index contributed by atoms with van der Waals surface area (Å²) in [5, 5.41) is 0. The Hall–Kier alpha value is -0.610. The van der Waals surface area contributed by atoms with Gasteiger partial charge in [-0.1, -0.05) is 6.07 Å². The third-order valence-electron chi connectivity index (χ3n) is 1.74. The van der Waals surface area contributed by atoms with Gasteiger partial charge in [-0.3, -0.25) is 0 Å². The van der Waals surface area contributed by atoms with Crippen LogP contribution < -0.4 is 4.74 Å². The Kier molecular flexibility index (Phi) is 2.51. The van der Waals surface area contributed by atoms with Gasteiger partial charge >= 0.3 is 0 Å². The van der Waals surface area contributed by atoms with E-state index in [-0.39, 0.29) is 17.7 Å². The zero-order valence-corrected chi connectivity index (χ0v) is 8.38. The molecular formula is C9H8BrFO2. The van der Waals surface area contributed by atoms with Gasteiger partial charge in [-0.2, -0.15) is 0 Å². The summed E-state index contributed by atoms with van der Waals surface area (Å²) in [4.78, 5) is 0. The van der Waals surface area contributed by atoms with E-state index in [1.165, 1.54) is 0 Å². The highest BCUT2D eigenvalue weighted by molar-refractivity contribution is 9.10. The van der Waals surface area contributed by atoms with E-state index in [2.05, 4.69) is 15.9 Å². The SMILES string of the molecule is Fc1c(Br)cccc1OC[C@@H]1CO1. The van der Waals surface area contributed by atoms with Gasteiger partial charge in [-0.15, -0.1) is 0 Å². The molecule has 1 fully saturated rings. The summed E-state index contributed by atoms with van der Waals surface area (Å²) in [6.45, 7) is 1.14. The molecule has 0 bridgehead atoms. The molecule has 0 radical (unpaired) electrons. The van der Waals surface area contributed by atoms with Gasteiger partial charge in [-0.25, -0.2) is 4.39 Å². The van der Waals surface area contributed by atoms with Crippen LogP contribution in [0.1, 0.15) is 0 Å². The summed E-state index contributed by atoms with van der Waals surface area (Å²) in [5.41, 5.74) is 0. The molecule has 2 rings (SSSR count). The maximum atomic E-state index is 13.3. The molecule has 1 atom stereocenters. The molecule has 1 aromatic rings. The molecular weight excluding hydrogens is 239 g/mol. The molecule has 1 aliphatic heterocycles. The van der Waals surface area contributed by atoms with Crippen molar-refractivity contribution >= 4 is 15.9 Å². The highest BCUT2D eigenvalue weighted by Crippen LogP contribution is 2.25. The van der Waals surface area contributed by atoms with Gasteiger partial charge in [0.05, 0.1) is 11.1 Å². The standard InChI is InChI=1S/C9H8BrFO2/c10-7-2-1-3-8(9(7)11)13-5-6-4-12-6/h1-3,6H,4-5H2/t6-/m0/s1. The minimum absolute atomic E-state index is 0.151. The van der Waals surface area contributed by atoms with Gasteiger partial charge in [0, 0.05) is 0 Å². The topological polar surface area (TPSA) is 21.8 Å². The molecule has 0 amide bonds. The Morgan fingerprint density at radius 3 is 3.08 bits per heavy atom. The van der Waals surface area contributed by atoms with Crippen molar-refractivity contribution in [2.45, 2.75) is 6.10 Å². The lowest BCUT2D eigenvalue weighted by molar-refractivity contribution is 0.253. The number of benzene rings is 1. The van der Waals surface area contributed by atoms with E-state index in [0.717, 1.165) is 6.61 Å². The zero-order valence-electron chi connectivity index (χ0n) is 6.80. The van der Waals surface area contributed by atoms with Crippen LogP contribution >= 0.6 is 15.9 Å². The molecule has 1 saturated heterocycles. The van der Waals surface area contributed by atoms with Gasteiger partial charge in [0.15, 0.2) is 11.6 Å². The van der Waals surface area contributed by atoms with E-state index >= 15 is 0 Å². The second-order valence-corrected chi connectivity index (χ2v) is 3.67. The van der Waals surface area contributed by atoms with E-state index in [4.69, 9.17) is 9.47 Å². The Balaban J connectivity index is 2.05. The third kappa shape index (κ3) is 2.19. The molecule has 0 unspecified atom stereocenters. The minimum Gasteiger partial charge on any atom is -0.488 e. The maximum Gasteiger partial charge on any atom is 0.179 e. The highest BCUT2D eigenvalue weighted by atomic mass is 79.9. The van der Waals surface area contributed by atoms with Crippen molar-refractivity contribution < 1.29 is 13.9 Å². The van der Waals surface area contributed by atoms with Crippen molar-refractivity contribution in [2.75, 3.05) is 13.2 Å². The van der Waals surface area contributed by atoms with Crippen LogP contribution in [-0.2, 0) is 4.74 Å². The quantitative estimate of drug-likeness (QED) is 0.765. The highest BCUT2D eigenvalue weighted by Gasteiger charge is 2.23. The zero-order chi connectivity index (χ0) is 9.26. The van der Waals surface area contributed by atoms with E-state index in [0.29, 0.717) is 11.1 Å². The fourth-order valence-corrected chi connectivity index (χ4v) is 1.29. The smallest absolute Gasteiger partial charge is 0.179 e. The van der Waals surface area contributed by atoms with Crippen molar-refractivity contribution in [1.82, 2.24) is 0 Å².